The maximum atomic E-state index is 12.5. The largest absolute Gasteiger partial charge is 0.311 e. The Morgan fingerprint density at radius 2 is 2.05 bits per heavy atom. The molecule has 0 saturated heterocycles. The number of rotatable bonds is 6. The number of anilines is 1. The molecular formula is C13H19N5O2S. The molecule has 2 heterocycles. The molecule has 21 heavy (non-hydrogen) atoms. The smallest absolute Gasteiger partial charge is 0.266 e. The maximum Gasteiger partial charge on any atom is 0.266 e. The average Bonchev–Trinajstić information content (AvgIpc) is 2.77. The van der Waals surface area contributed by atoms with Gasteiger partial charge in [0.1, 0.15) is 10.7 Å². The zero-order valence-corrected chi connectivity index (χ0v) is 13.1. The van der Waals surface area contributed by atoms with E-state index in [-0.39, 0.29) is 4.90 Å². The van der Waals surface area contributed by atoms with Gasteiger partial charge in [-0.2, -0.15) is 5.10 Å². The highest BCUT2D eigenvalue weighted by Gasteiger charge is 2.24. The predicted molar refractivity (Wildman–Crippen MR) is 80.5 cm³/mol. The SMILES string of the molecule is CCNCc1n[nH]c(C)c1S(=O)(=O)Nc1cccc(C)n1. The van der Waals surface area contributed by atoms with Crippen LogP contribution in [-0.4, -0.2) is 30.1 Å². The molecule has 0 saturated carbocycles. The van der Waals surface area contributed by atoms with Crippen LogP contribution in [0.15, 0.2) is 23.1 Å². The lowest BCUT2D eigenvalue weighted by molar-refractivity contribution is 0.597. The molecule has 114 valence electrons. The van der Waals surface area contributed by atoms with E-state index in [9.17, 15) is 8.42 Å². The molecule has 0 aliphatic carbocycles. The third-order valence-corrected chi connectivity index (χ3v) is 4.46. The summed E-state index contributed by atoms with van der Waals surface area (Å²) >= 11 is 0. The van der Waals surface area contributed by atoms with Gasteiger partial charge < -0.3 is 5.32 Å². The van der Waals surface area contributed by atoms with E-state index < -0.39 is 10.0 Å². The van der Waals surface area contributed by atoms with E-state index >= 15 is 0 Å². The first kappa shape index (κ1) is 15.5. The normalized spacial score (nSPS) is 11.6. The number of hydrogen-bond acceptors (Lipinski definition) is 5. The molecule has 0 spiro atoms. The van der Waals surface area contributed by atoms with Crippen LogP contribution in [0.4, 0.5) is 5.82 Å². The highest BCUT2D eigenvalue weighted by atomic mass is 32.2. The summed E-state index contributed by atoms with van der Waals surface area (Å²) in [4.78, 5) is 4.33. The van der Waals surface area contributed by atoms with Gasteiger partial charge in [0.25, 0.3) is 10.0 Å². The molecule has 2 rings (SSSR count). The Morgan fingerprint density at radius 1 is 1.29 bits per heavy atom. The van der Waals surface area contributed by atoms with Gasteiger partial charge in [0.2, 0.25) is 0 Å². The van der Waals surface area contributed by atoms with Crippen molar-refractivity contribution in [2.24, 2.45) is 0 Å². The molecule has 0 atom stereocenters. The number of aryl methyl sites for hydroxylation is 2. The highest BCUT2D eigenvalue weighted by Crippen LogP contribution is 2.20. The van der Waals surface area contributed by atoms with Crippen molar-refractivity contribution in [3.63, 3.8) is 0 Å². The number of nitrogens with one attached hydrogen (secondary N) is 3. The second-order valence-corrected chi connectivity index (χ2v) is 6.29. The fourth-order valence-electron chi connectivity index (χ4n) is 1.98. The van der Waals surface area contributed by atoms with Crippen LogP contribution in [0.1, 0.15) is 24.0 Å². The minimum absolute atomic E-state index is 0.173. The van der Waals surface area contributed by atoms with Crippen LogP contribution in [0.5, 0.6) is 0 Å². The summed E-state index contributed by atoms with van der Waals surface area (Å²) in [6.07, 6.45) is 0. The Hall–Kier alpha value is -1.93. The Kier molecular flexibility index (Phi) is 4.59. The molecule has 7 nitrogen and oxygen atoms in total. The predicted octanol–water partition coefficient (Wildman–Crippen LogP) is 1.33. The Labute approximate surface area is 124 Å². The highest BCUT2D eigenvalue weighted by molar-refractivity contribution is 7.92. The molecule has 0 radical (unpaired) electrons. The third-order valence-electron chi connectivity index (χ3n) is 2.90. The van der Waals surface area contributed by atoms with Crippen LogP contribution < -0.4 is 10.0 Å². The van der Waals surface area contributed by atoms with E-state index in [2.05, 4.69) is 25.2 Å². The number of pyridine rings is 1. The van der Waals surface area contributed by atoms with Crippen molar-refractivity contribution in [2.75, 3.05) is 11.3 Å². The Bertz CT molecular complexity index is 724. The lowest BCUT2D eigenvalue weighted by Crippen LogP contribution is -2.19. The molecule has 0 bridgehead atoms. The van der Waals surface area contributed by atoms with Crippen LogP contribution in [0.3, 0.4) is 0 Å². The van der Waals surface area contributed by atoms with Crippen molar-refractivity contribution in [3.8, 4) is 0 Å². The van der Waals surface area contributed by atoms with Crippen molar-refractivity contribution in [3.05, 3.63) is 35.3 Å². The molecule has 0 fully saturated rings. The summed E-state index contributed by atoms with van der Waals surface area (Å²) < 4.78 is 27.6. The summed E-state index contributed by atoms with van der Waals surface area (Å²) in [5.74, 6) is 0.296. The third kappa shape index (κ3) is 3.59. The minimum atomic E-state index is -3.72. The minimum Gasteiger partial charge on any atom is -0.311 e. The number of sulfonamides is 1. The number of aromatic amines is 1. The van der Waals surface area contributed by atoms with Gasteiger partial charge in [-0.05, 0) is 32.5 Å². The fraction of sp³-hybridized carbons (Fsp3) is 0.385. The lowest BCUT2D eigenvalue weighted by atomic mass is 10.3. The molecular weight excluding hydrogens is 290 g/mol. The van der Waals surface area contributed by atoms with Crippen molar-refractivity contribution >= 4 is 15.8 Å². The van der Waals surface area contributed by atoms with Crippen molar-refractivity contribution in [1.29, 1.82) is 0 Å². The first-order valence-electron chi connectivity index (χ1n) is 6.65. The molecule has 2 aromatic rings. The van der Waals surface area contributed by atoms with Crippen LogP contribution in [0.25, 0.3) is 0 Å². The van der Waals surface area contributed by atoms with Gasteiger partial charge in [0.05, 0.1) is 11.4 Å². The zero-order chi connectivity index (χ0) is 15.5. The van der Waals surface area contributed by atoms with Gasteiger partial charge in [0.15, 0.2) is 0 Å². The van der Waals surface area contributed by atoms with Gasteiger partial charge in [-0.25, -0.2) is 13.4 Å². The lowest BCUT2D eigenvalue weighted by Gasteiger charge is -2.09. The van der Waals surface area contributed by atoms with E-state index in [0.29, 0.717) is 23.8 Å². The molecule has 8 heteroatoms. The molecule has 3 N–H and O–H groups in total. The molecule has 0 aliphatic heterocycles. The van der Waals surface area contributed by atoms with Gasteiger partial charge in [0, 0.05) is 12.2 Å². The van der Waals surface area contributed by atoms with Crippen LogP contribution in [0, 0.1) is 13.8 Å². The molecule has 0 aromatic carbocycles. The van der Waals surface area contributed by atoms with E-state index in [1.807, 2.05) is 6.92 Å². The maximum absolute atomic E-state index is 12.5. The van der Waals surface area contributed by atoms with Crippen molar-refractivity contribution in [2.45, 2.75) is 32.2 Å². The second kappa shape index (κ2) is 6.23. The first-order chi connectivity index (χ1) is 9.94. The summed E-state index contributed by atoms with van der Waals surface area (Å²) in [5, 5.41) is 9.84. The molecule has 0 amide bonds. The summed E-state index contributed by atoms with van der Waals surface area (Å²) in [6, 6.07) is 5.17. The quantitative estimate of drug-likeness (QED) is 0.747. The van der Waals surface area contributed by atoms with E-state index in [0.717, 1.165) is 12.2 Å². The van der Waals surface area contributed by atoms with E-state index in [4.69, 9.17) is 0 Å². The standard InChI is InChI=1S/C13H19N5O2S/c1-4-14-8-11-13(10(3)16-17-11)21(19,20)18-12-7-5-6-9(2)15-12/h5-7,14H,4,8H2,1-3H3,(H,15,18)(H,16,17). The van der Waals surface area contributed by atoms with E-state index in [1.165, 1.54) is 0 Å². The molecule has 2 aromatic heterocycles. The number of aromatic nitrogens is 3. The summed E-state index contributed by atoms with van der Waals surface area (Å²) in [6.45, 7) is 6.55. The number of H-pyrrole nitrogens is 1. The monoisotopic (exact) mass is 309 g/mol. The van der Waals surface area contributed by atoms with Crippen LogP contribution >= 0.6 is 0 Å². The number of nitrogens with zero attached hydrogens (tertiary/aromatic N) is 2. The van der Waals surface area contributed by atoms with Crippen molar-refractivity contribution < 1.29 is 8.42 Å². The van der Waals surface area contributed by atoms with E-state index in [1.54, 1.807) is 32.0 Å². The van der Waals surface area contributed by atoms with Gasteiger partial charge >= 0.3 is 0 Å². The van der Waals surface area contributed by atoms with Crippen LogP contribution in [0.2, 0.25) is 0 Å². The molecule has 0 unspecified atom stereocenters. The Morgan fingerprint density at radius 3 is 2.71 bits per heavy atom. The summed E-state index contributed by atoms with van der Waals surface area (Å²) in [7, 11) is -3.72. The Balaban J connectivity index is 2.33. The first-order valence-corrected chi connectivity index (χ1v) is 8.13. The number of hydrogen-bond donors (Lipinski definition) is 3. The second-order valence-electron chi connectivity index (χ2n) is 4.67. The van der Waals surface area contributed by atoms with Crippen molar-refractivity contribution in [1.82, 2.24) is 20.5 Å². The van der Waals surface area contributed by atoms with Crippen LogP contribution in [-0.2, 0) is 16.6 Å². The topological polar surface area (TPSA) is 99.8 Å². The van der Waals surface area contributed by atoms with Gasteiger partial charge in [-0.15, -0.1) is 0 Å². The summed E-state index contributed by atoms with van der Waals surface area (Å²) in [5.41, 5.74) is 1.71. The fourth-order valence-corrected chi connectivity index (χ4v) is 3.35. The van der Waals surface area contributed by atoms with Gasteiger partial charge in [-0.3, -0.25) is 9.82 Å². The molecule has 0 aliphatic rings. The average molecular weight is 309 g/mol. The van der Waals surface area contributed by atoms with Gasteiger partial charge in [-0.1, -0.05) is 13.0 Å². The zero-order valence-electron chi connectivity index (χ0n) is 12.3.